The van der Waals surface area contributed by atoms with E-state index < -0.39 is 32.3 Å². The Hall–Kier alpha value is -2.65. The molecule has 4 N–H and O–H groups in total. The van der Waals surface area contributed by atoms with E-state index in [1.165, 1.54) is 26.2 Å². The molecule has 0 radical (unpaired) electrons. The second-order valence-corrected chi connectivity index (χ2v) is 7.12. The Balaban J connectivity index is 2.67. The first-order chi connectivity index (χ1) is 11.2. The van der Waals surface area contributed by atoms with E-state index in [1.807, 2.05) is 0 Å². The number of hydrogen-bond acceptors (Lipinski definition) is 6. The molecule has 1 aromatic carbocycles. The molecule has 0 aliphatic carbocycles. The first kappa shape index (κ1) is 17.7. The van der Waals surface area contributed by atoms with Gasteiger partial charge in [-0.05, 0) is 12.1 Å². The Morgan fingerprint density at radius 2 is 1.88 bits per heavy atom. The van der Waals surface area contributed by atoms with Crippen LogP contribution in [0.4, 0.5) is 0 Å². The van der Waals surface area contributed by atoms with E-state index >= 15 is 0 Å². The third-order valence-corrected chi connectivity index (χ3v) is 5.44. The van der Waals surface area contributed by atoms with Crippen LogP contribution in [-0.4, -0.2) is 31.0 Å². The third kappa shape index (κ3) is 2.91. The number of nitrogens with zero attached hydrogens (tertiary/aromatic N) is 1. The summed E-state index contributed by atoms with van der Waals surface area (Å²) in [5, 5.41) is 10.5. The van der Waals surface area contributed by atoms with E-state index in [0.29, 0.717) is 0 Å². The summed E-state index contributed by atoms with van der Waals surface area (Å²) in [4.78, 5) is 23.8. The molecular weight excluding hydrogens is 334 g/mol. The van der Waals surface area contributed by atoms with Gasteiger partial charge in [0.05, 0.1) is 10.6 Å². The fourth-order valence-corrected chi connectivity index (χ4v) is 3.64. The van der Waals surface area contributed by atoms with Gasteiger partial charge >= 0.3 is 0 Å². The van der Waals surface area contributed by atoms with Crippen molar-refractivity contribution in [1.29, 1.82) is 0 Å². The molecule has 1 heterocycles. The summed E-state index contributed by atoms with van der Waals surface area (Å²) in [6.07, 6.45) is 0. The van der Waals surface area contributed by atoms with E-state index in [4.69, 9.17) is 5.73 Å². The van der Waals surface area contributed by atoms with Gasteiger partial charge in [0.25, 0.3) is 5.91 Å². The van der Waals surface area contributed by atoms with E-state index in [2.05, 4.69) is 5.32 Å². The van der Waals surface area contributed by atoms with Crippen molar-refractivity contribution in [3.63, 3.8) is 0 Å². The van der Waals surface area contributed by atoms with Crippen molar-refractivity contribution in [2.24, 2.45) is 12.8 Å². The minimum absolute atomic E-state index is 0.0143. The van der Waals surface area contributed by atoms with Gasteiger partial charge in [-0.2, -0.15) is 0 Å². The third-order valence-electron chi connectivity index (χ3n) is 3.60. The van der Waals surface area contributed by atoms with Crippen molar-refractivity contribution in [3.8, 4) is 5.75 Å². The summed E-state index contributed by atoms with van der Waals surface area (Å²) >= 11 is 0. The maximum absolute atomic E-state index is 12.6. The second kappa shape index (κ2) is 6.46. The lowest BCUT2D eigenvalue weighted by atomic mass is 10.2. The summed E-state index contributed by atoms with van der Waals surface area (Å²) in [6.45, 7) is 0. The summed E-state index contributed by atoms with van der Waals surface area (Å²) in [5.41, 5.74) is 4.51. The number of sulfone groups is 1. The highest BCUT2D eigenvalue weighted by atomic mass is 32.2. The second-order valence-electron chi connectivity index (χ2n) is 5.05. The molecule has 8 nitrogen and oxygen atoms in total. The molecule has 0 spiro atoms. The Morgan fingerprint density at radius 1 is 1.29 bits per heavy atom. The van der Waals surface area contributed by atoms with Crippen LogP contribution in [0.15, 0.2) is 46.1 Å². The zero-order valence-corrected chi connectivity index (χ0v) is 13.9. The topological polar surface area (TPSA) is 131 Å². The van der Waals surface area contributed by atoms with Crippen molar-refractivity contribution in [2.45, 2.75) is 10.3 Å². The lowest BCUT2D eigenvalue weighted by Gasteiger charge is -2.19. The SMILES string of the molecule is CNC(=O)c1c(O)c(=O)cc(C(N)S(=O)(=O)c2ccccc2)n1C. The van der Waals surface area contributed by atoms with Crippen molar-refractivity contribution < 1.29 is 18.3 Å². The highest BCUT2D eigenvalue weighted by Gasteiger charge is 2.30. The molecule has 128 valence electrons. The van der Waals surface area contributed by atoms with Crippen LogP contribution >= 0.6 is 0 Å². The highest BCUT2D eigenvalue weighted by Crippen LogP contribution is 2.25. The zero-order valence-electron chi connectivity index (χ0n) is 13.1. The van der Waals surface area contributed by atoms with Crippen molar-refractivity contribution in [3.05, 3.63) is 58.0 Å². The number of pyridine rings is 1. The summed E-state index contributed by atoms with van der Waals surface area (Å²) < 4.78 is 26.4. The normalized spacial score (nSPS) is 12.6. The lowest BCUT2D eigenvalue weighted by molar-refractivity contribution is 0.0950. The average Bonchev–Trinajstić information content (AvgIpc) is 2.58. The molecule has 0 saturated carbocycles. The van der Waals surface area contributed by atoms with Crippen LogP contribution in [0.5, 0.6) is 5.75 Å². The van der Waals surface area contributed by atoms with Crippen LogP contribution in [0.3, 0.4) is 0 Å². The number of nitrogens with one attached hydrogen (secondary N) is 1. The Kier molecular flexibility index (Phi) is 4.76. The quantitative estimate of drug-likeness (QED) is 0.704. The molecule has 0 saturated heterocycles. The van der Waals surface area contributed by atoms with Gasteiger partial charge in [-0.3, -0.25) is 9.59 Å². The maximum Gasteiger partial charge on any atom is 0.271 e. The minimum Gasteiger partial charge on any atom is -0.503 e. The number of benzene rings is 1. The van der Waals surface area contributed by atoms with Crippen molar-refractivity contribution in [1.82, 2.24) is 9.88 Å². The first-order valence-electron chi connectivity index (χ1n) is 6.91. The summed E-state index contributed by atoms with van der Waals surface area (Å²) in [7, 11) is -1.32. The van der Waals surface area contributed by atoms with Gasteiger partial charge in [0.2, 0.25) is 5.43 Å². The number of aromatic hydroxyl groups is 1. The number of nitrogens with two attached hydrogens (primary N) is 1. The Morgan fingerprint density at radius 3 is 2.42 bits per heavy atom. The van der Waals surface area contributed by atoms with Crippen molar-refractivity contribution >= 4 is 15.7 Å². The van der Waals surface area contributed by atoms with Crippen LogP contribution < -0.4 is 16.5 Å². The number of carbonyl (C=O) groups is 1. The van der Waals surface area contributed by atoms with Crippen LogP contribution in [-0.2, 0) is 16.9 Å². The number of aromatic nitrogens is 1. The fourth-order valence-electron chi connectivity index (χ4n) is 2.27. The molecule has 1 aromatic heterocycles. The molecule has 1 atom stereocenters. The number of carbonyl (C=O) groups excluding carboxylic acids is 1. The predicted octanol–water partition coefficient (Wildman–Crippen LogP) is -0.118. The van der Waals surface area contributed by atoms with Gasteiger partial charge in [-0.15, -0.1) is 0 Å². The van der Waals surface area contributed by atoms with Crippen molar-refractivity contribution in [2.75, 3.05) is 7.05 Å². The van der Waals surface area contributed by atoms with Crippen LogP contribution in [0.25, 0.3) is 0 Å². The predicted molar refractivity (Wildman–Crippen MR) is 87.3 cm³/mol. The first-order valence-corrected chi connectivity index (χ1v) is 8.46. The molecule has 1 unspecified atom stereocenters. The Labute approximate surface area is 138 Å². The lowest BCUT2D eigenvalue weighted by Crippen LogP contribution is -2.31. The molecule has 9 heteroatoms. The average molecular weight is 351 g/mol. The van der Waals surface area contributed by atoms with Crippen LogP contribution in [0.2, 0.25) is 0 Å². The van der Waals surface area contributed by atoms with E-state index in [1.54, 1.807) is 18.2 Å². The standard InChI is InChI=1S/C15H17N3O5S/c1-17-15(21)12-13(20)11(19)8-10(18(12)2)14(16)24(22,23)9-6-4-3-5-7-9/h3-8,14,20H,16H2,1-2H3,(H,17,21). The zero-order chi connectivity index (χ0) is 18.1. The molecule has 0 aliphatic rings. The van der Waals surface area contributed by atoms with Crippen LogP contribution in [0.1, 0.15) is 21.6 Å². The maximum atomic E-state index is 12.6. The fraction of sp³-hybridized carbons (Fsp3) is 0.200. The Bertz CT molecular complexity index is 936. The minimum atomic E-state index is -3.99. The van der Waals surface area contributed by atoms with E-state index in [0.717, 1.165) is 10.6 Å². The molecule has 0 bridgehead atoms. The van der Waals surface area contributed by atoms with Gasteiger partial charge < -0.3 is 20.7 Å². The summed E-state index contributed by atoms with van der Waals surface area (Å²) in [5.74, 6) is -1.51. The molecular formula is C15H17N3O5S. The molecule has 0 fully saturated rings. The van der Waals surface area contributed by atoms with Gasteiger partial charge in [-0.1, -0.05) is 18.2 Å². The molecule has 24 heavy (non-hydrogen) atoms. The molecule has 0 aliphatic heterocycles. The van der Waals surface area contributed by atoms with Gasteiger partial charge in [-0.25, -0.2) is 8.42 Å². The van der Waals surface area contributed by atoms with Crippen LogP contribution in [0, 0.1) is 0 Å². The van der Waals surface area contributed by atoms with Gasteiger partial charge in [0, 0.05) is 20.2 Å². The number of hydrogen-bond donors (Lipinski definition) is 3. The summed E-state index contributed by atoms with van der Waals surface area (Å²) in [6, 6.07) is 8.43. The van der Waals surface area contributed by atoms with Gasteiger partial charge in [0.15, 0.2) is 26.7 Å². The highest BCUT2D eigenvalue weighted by molar-refractivity contribution is 7.91. The molecule has 2 aromatic rings. The molecule has 2 rings (SSSR count). The monoisotopic (exact) mass is 351 g/mol. The number of amides is 1. The van der Waals surface area contributed by atoms with E-state index in [-0.39, 0.29) is 16.3 Å². The van der Waals surface area contributed by atoms with Gasteiger partial charge in [0.1, 0.15) is 0 Å². The number of rotatable bonds is 4. The smallest absolute Gasteiger partial charge is 0.271 e. The largest absolute Gasteiger partial charge is 0.503 e. The molecule has 1 amide bonds. The van der Waals surface area contributed by atoms with E-state index in [9.17, 15) is 23.1 Å².